The zero-order valence-electron chi connectivity index (χ0n) is 15.8. The van der Waals surface area contributed by atoms with Crippen molar-refractivity contribution in [2.24, 2.45) is 0 Å². The van der Waals surface area contributed by atoms with Gasteiger partial charge in [-0.2, -0.15) is 4.31 Å². The Balaban J connectivity index is 1.41. The highest BCUT2D eigenvalue weighted by molar-refractivity contribution is 7.89. The number of aryl methyl sites for hydroxylation is 2. The van der Waals surface area contributed by atoms with Gasteiger partial charge in [0.1, 0.15) is 22.8 Å². The molecule has 29 heavy (non-hydrogen) atoms. The van der Waals surface area contributed by atoms with Gasteiger partial charge >= 0.3 is 0 Å². The molecule has 1 fully saturated rings. The number of piperazine rings is 1. The summed E-state index contributed by atoms with van der Waals surface area (Å²) in [5, 5.41) is 1.15. The first-order chi connectivity index (χ1) is 14.0. The van der Waals surface area contributed by atoms with E-state index >= 15 is 0 Å². The van der Waals surface area contributed by atoms with Crippen molar-refractivity contribution in [1.82, 2.24) is 14.3 Å². The summed E-state index contributed by atoms with van der Waals surface area (Å²) in [6.45, 7) is 1.78. The molecular weight excluding hydrogens is 411 g/mol. The van der Waals surface area contributed by atoms with Crippen molar-refractivity contribution in [3.05, 3.63) is 46.9 Å². The van der Waals surface area contributed by atoms with Gasteiger partial charge in [0.15, 0.2) is 0 Å². The molecule has 1 aliphatic carbocycles. The molecule has 9 heteroatoms. The lowest BCUT2D eigenvalue weighted by Crippen LogP contribution is -2.49. The number of thiophene rings is 1. The van der Waals surface area contributed by atoms with Crippen LogP contribution >= 0.6 is 11.3 Å². The van der Waals surface area contributed by atoms with E-state index in [1.165, 1.54) is 45.8 Å². The number of halogens is 1. The molecule has 3 aromatic rings. The number of fused-ring (bicyclic) bond motifs is 3. The number of hydrogen-bond acceptors (Lipinski definition) is 6. The Morgan fingerprint density at radius 3 is 2.62 bits per heavy atom. The molecule has 0 unspecified atom stereocenters. The number of rotatable bonds is 3. The second kappa shape index (κ2) is 7.30. The van der Waals surface area contributed by atoms with Gasteiger partial charge in [-0.1, -0.05) is 6.07 Å². The summed E-state index contributed by atoms with van der Waals surface area (Å²) >= 11 is 1.76. The highest BCUT2D eigenvalue weighted by Crippen LogP contribution is 2.39. The lowest BCUT2D eigenvalue weighted by molar-refractivity contribution is 0.384. The fourth-order valence-corrected chi connectivity index (χ4v) is 6.91. The molecular formula is C20H21FN4O2S2. The van der Waals surface area contributed by atoms with Crippen LogP contribution < -0.4 is 4.90 Å². The van der Waals surface area contributed by atoms with Crippen molar-refractivity contribution in [3.63, 3.8) is 0 Å². The maximum absolute atomic E-state index is 13.5. The van der Waals surface area contributed by atoms with Gasteiger partial charge in [-0.05, 0) is 49.4 Å². The fourth-order valence-electron chi connectivity index (χ4n) is 4.23. The lowest BCUT2D eigenvalue weighted by Gasteiger charge is -2.35. The minimum absolute atomic E-state index is 0.00211. The number of hydrogen-bond donors (Lipinski definition) is 0. The van der Waals surface area contributed by atoms with Crippen molar-refractivity contribution in [2.75, 3.05) is 31.1 Å². The van der Waals surface area contributed by atoms with Crippen LogP contribution in [0.15, 0.2) is 35.5 Å². The first-order valence-electron chi connectivity index (χ1n) is 9.80. The standard InChI is InChI=1S/C20H21FN4O2S2/c21-14-4-3-5-15(12-14)29(26,27)25-10-8-24(9-11-25)19-18-16-6-1-2-7-17(16)28-20(18)23-13-22-19/h3-5,12-13H,1-2,6-11H2. The number of anilines is 1. The molecule has 5 rings (SSSR count). The molecule has 1 saturated heterocycles. The quantitative estimate of drug-likeness (QED) is 0.636. The molecule has 0 N–H and O–H groups in total. The van der Waals surface area contributed by atoms with Gasteiger partial charge in [0.05, 0.1) is 10.3 Å². The minimum atomic E-state index is -3.70. The zero-order valence-corrected chi connectivity index (χ0v) is 17.5. The van der Waals surface area contributed by atoms with Gasteiger partial charge in [-0.3, -0.25) is 0 Å². The molecule has 0 spiro atoms. The van der Waals surface area contributed by atoms with Gasteiger partial charge in [0.2, 0.25) is 10.0 Å². The molecule has 2 aromatic heterocycles. The SMILES string of the molecule is O=S(=O)(c1cccc(F)c1)N1CCN(c2ncnc3sc4c(c23)CCCC4)CC1. The molecule has 3 heterocycles. The zero-order chi connectivity index (χ0) is 20.0. The molecule has 2 aliphatic rings. The summed E-state index contributed by atoms with van der Waals surface area (Å²) in [5.74, 6) is 0.368. The summed E-state index contributed by atoms with van der Waals surface area (Å²) in [6, 6.07) is 5.19. The van der Waals surface area contributed by atoms with Crippen LogP contribution in [0.5, 0.6) is 0 Å². The third-order valence-corrected chi connectivity index (χ3v) is 8.80. The van der Waals surface area contributed by atoms with Crippen molar-refractivity contribution < 1.29 is 12.8 Å². The first kappa shape index (κ1) is 18.9. The van der Waals surface area contributed by atoms with Gasteiger partial charge in [-0.15, -0.1) is 11.3 Å². The number of benzene rings is 1. The van der Waals surface area contributed by atoms with Crippen LogP contribution in [0.1, 0.15) is 23.3 Å². The Morgan fingerprint density at radius 1 is 1.03 bits per heavy atom. The maximum atomic E-state index is 13.5. The maximum Gasteiger partial charge on any atom is 0.243 e. The van der Waals surface area contributed by atoms with Gasteiger partial charge in [-0.25, -0.2) is 22.8 Å². The molecule has 1 aromatic carbocycles. The van der Waals surface area contributed by atoms with Crippen molar-refractivity contribution >= 4 is 37.4 Å². The predicted molar refractivity (Wildman–Crippen MR) is 111 cm³/mol. The van der Waals surface area contributed by atoms with Crippen LogP contribution in [0.2, 0.25) is 0 Å². The van der Waals surface area contributed by atoms with Gasteiger partial charge in [0.25, 0.3) is 0 Å². The average Bonchev–Trinajstić information content (AvgIpc) is 3.13. The smallest absolute Gasteiger partial charge is 0.243 e. The van der Waals surface area contributed by atoms with E-state index in [1.807, 2.05) is 0 Å². The fraction of sp³-hybridized carbons (Fsp3) is 0.400. The largest absolute Gasteiger partial charge is 0.353 e. The summed E-state index contributed by atoms with van der Waals surface area (Å²) in [7, 11) is -3.70. The van der Waals surface area contributed by atoms with Crippen LogP contribution in [0.25, 0.3) is 10.2 Å². The Labute approximate surface area is 173 Å². The second-order valence-corrected chi connectivity index (χ2v) is 10.5. The van der Waals surface area contributed by atoms with E-state index in [4.69, 9.17) is 0 Å². The van der Waals surface area contributed by atoms with Crippen LogP contribution in [-0.4, -0.2) is 48.9 Å². The minimum Gasteiger partial charge on any atom is -0.353 e. The van der Waals surface area contributed by atoms with E-state index in [9.17, 15) is 12.8 Å². The second-order valence-electron chi connectivity index (χ2n) is 7.44. The average molecular weight is 433 g/mol. The Hall–Kier alpha value is -2.10. The van der Waals surface area contributed by atoms with Crippen molar-refractivity contribution in [3.8, 4) is 0 Å². The van der Waals surface area contributed by atoms with Crippen LogP contribution in [-0.2, 0) is 22.9 Å². The molecule has 0 amide bonds. The molecule has 152 valence electrons. The summed E-state index contributed by atoms with van der Waals surface area (Å²) in [5.41, 5.74) is 1.38. The van der Waals surface area contributed by atoms with E-state index in [2.05, 4.69) is 14.9 Å². The Bertz CT molecular complexity index is 1170. The van der Waals surface area contributed by atoms with Crippen molar-refractivity contribution in [2.45, 2.75) is 30.6 Å². The van der Waals surface area contributed by atoms with Gasteiger partial charge < -0.3 is 4.90 Å². The normalized spacial score (nSPS) is 18.2. The monoisotopic (exact) mass is 432 g/mol. The Morgan fingerprint density at radius 2 is 1.83 bits per heavy atom. The predicted octanol–water partition coefficient (Wildman–Crippen LogP) is 3.22. The Kier molecular flexibility index (Phi) is 4.76. The van der Waals surface area contributed by atoms with Crippen molar-refractivity contribution in [1.29, 1.82) is 0 Å². The number of sulfonamides is 1. The molecule has 0 radical (unpaired) electrons. The molecule has 0 atom stereocenters. The van der Waals surface area contributed by atoms with E-state index in [1.54, 1.807) is 17.7 Å². The number of nitrogens with zero attached hydrogens (tertiary/aromatic N) is 4. The van der Waals surface area contributed by atoms with E-state index in [0.717, 1.165) is 34.9 Å². The third-order valence-electron chi connectivity index (χ3n) is 5.70. The highest BCUT2D eigenvalue weighted by Gasteiger charge is 2.30. The number of aromatic nitrogens is 2. The molecule has 1 aliphatic heterocycles. The first-order valence-corrected chi connectivity index (χ1v) is 12.1. The van der Waals surface area contributed by atoms with Crippen LogP contribution in [0.4, 0.5) is 10.2 Å². The summed E-state index contributed by atoms with van der Waals surface area (Å²) < 4.78 is 40.7. The topological polar surface area (TPSA) is 66.4 Å². The summed E-state index contributed by atoms with van der Waals surface area (Å²) in [6.07, 6.45) is 6.18. The van der Waals surface area contributed by atoms with E-state index in [-0.39, 0.29) is 4.90 Å². The molecule has 0 saturated carbocycles. The third kappa shape index (κ3) is 3.31. The van der Waals surface area contributed by atoms with Gasteiger partial charge in [0, 0.05) is 31.1 Å². The molecule has 6 nitrogen and oxygen atoms in total. The van der Waals surface area contributed by atoms with Crippen LogP contribution in [0.3, 0.4) is 0 Å². The van der Waals surface area contributed by atoms with E-state index < -0.39 is 15.8 Å². The highest BCUT2D eigenvalue weighted by atomic mass is 32.2. The van der Waals surface area contributed by atoms with E-state index in [0.29, 0.717) is 26.2 Å². The van der Waals surface area contributed by atoms with Crippen LogP contribution in [0, 0.1) is 5.82 Å². The summed E-state index contributed by atoms with van der Waals surface area (Å²) in [4.78, 5) is 13.7. The lowest BCUT2D eigenvalue weighted by atomic mass is 9.97. The molecule has 0 bridgehead atoms.